The zero-order valence-corrected chi connectivity index (χ0v) is 11.3. The van der Waals surface area contributed by atoms with E-state index in [0.29, 0.717) is 5.05 Å². The Labute approximate surface area is 113 Å². The predicted octanol–water partition coefficient (Wildman–Crippen LogP) is 3.51. The van der Waals surface area contributed by atoms with Crippen molar-refractivity contribution in [3.05, 3.63) is 60.2 Å². The van der Waals surface area contributed by atoms with Crippen molar-refractivity contribution in [3.8, 4) is 5.75 Å². The van der Waals surface area contributed by atoms with Crippen molar-refractivity contribution >= 4 is 23.0 Å². The summed E-state index contributed by atoms with van der Waals surface area (Å²) in [6.45, 7) is 0. The fraction of sp³-hybridized carbons (Fsp3) is 0.133. The van der Waals surface area contributed by atoms with Gasteiger partial charge in [-0.2, -0.15) is 0 Å². The average molecular weight is 257 g/mol. The van der Waals surface area contributed by atoms with Crippen LogP contribution in [0, 0.1) is 0 Å². The quantitative estimate of drug-likeness (QED) is 0.781. The largest absolute Gasteiger partial charge is 0.445 e. The van der Waals surface area contributed by atoms with E-state index >= 15 is 0 Å². The molecule has 0 radical (unpaired) electrons. The van der Waals surface area contributed by atoms with Gasteiger partial charge in [-0.3, -0.25) is 0 Å². The average Bonchev–Trinajstić information content (AvgIpc) is 2.40. The van der Waals surface area contributed by atoms with Crippen molar-refractivity contribution in [1.82, 2.24) is 0 Å². The molecule has 0 spiro atoms. The second-order valence-electron chi connectivity index (χ2n) is 4.14. The number of ether oxygens (including phenoxy) is 1. The number of benzene rings is 2. The van der Waals surface area contributed by atoms with Gasteiger partial charge in [-0.25, -0.2) is 0 Å². The molecule has 3 heteroatoms. The maximum Gasteiger partial charge on any atom is 0.198 e. The number of nitrogens with zero attached hydrogens (tertiary/aromatic N) is 1. The van der Waals surface area contributed by atoms with Gasteiger partial charge >= 0.3 is 0 Å². The Balaban J connectivity index is 2.10. The first-order valence-corrected chi connectivity index (χ1v) is 6.12. The highest BCUT2D eigenvalue weighted by Crippen LogP contribution is 2.16. The van der Waals surface area contributed by atoms with Crippen LogP contribution in [0.2, 0.25) is 0 Å². The normalized spacial score (nSPS) is 9.89. The first-order valence-electron chi connectivity index (χ1n) is 5.71. The third-order valence-electron chi connectivity index (χ3n) is 2.57. The minimum absolute atomic E-state index is 0.492. The summed E-state index contributed by atoms with van der Waals surface area (Å²) in [5.74, 6) is 0.763. The summed E-state index contributed by atoms with van der Waals surface area (Å²) in [6.07, 6.45) is 0. The van der Waals surface area contributed by atoms with Gasteiger partial charge in [-0.15, -0.1) is 0 Å². The van der Waals surface area contributed by atoms with E-state index in [4.69, 9.17) is 17.0 Å². The number of rotatable bonds is 3. The smallest absolute Gasteiger partial charge is 0.198 e. The molecule has 0 amide bonds. The molecule has 0 unspecified atom stereocenters. The van der Waals surface area contributed by atoms with E-state index in [1.807, 2.05) is 73.6 Å². The first kappa shape index (κ1) is 12.6. The molecular formula is C15H15NOS. The van der Waals surface area contributed by atoms with Crippen LogP contribution < -0.4 is 9.64 Å². The lowest BCUT2D eigenvalue weighted by molar-refractivity contribution is 0.566. The van der Waals surface area contributed by atoms with Crippen LogP contribution in [0.1, 0.15) is 5.56 Å². The lowest BCUT2D eigenvalue weighted by Crippen LogP contribution is -2.10. The summed E-state index contributed by atoms with van der Waals surface area (Å²) in [4.78, 5) is 2.05. The molecule has 2 aromatic rings. The van der Waals surface area contributed by atoms with Gasteiger partial charge in [0.25, 0.3) is 0 Å². The van der Waals surface area contributed by atoms with Crippen molar-refractivity contribution in [2.45, 2.75) is 0 Å². The Hall–Kier alpha value is -1.87. The second-order valence-corrected chi connectivity index (χ2v) is 4.51. The molecule has 2 rings (SSSR count). The zero-order valence-electron chi connectivity index (χ0n) is 10.5. The molecule has 0 saturated heterocycles. The van der Waals surface area contributed by atoms with Gasteiger partial charge in [0.15, 0.2) is 5.05 Å². The molecule has 92 valence electrons. The zero-order chi connectivity index (χ0) is 13.0. The van der Waals surface area contributed by atoms with E-state index in [1.54, 1.807) is 0 Å². The van der Waals surface area contributed by atoms with Gasteiger partial charge in [0.1, 0.15) is 5.75 Å². The summed E-state index contributed by atoms with van der Waals surface area (Å²) in [5.41, 5.74) is 2.06. The van der Waals surface area contributed by atoms with E-state index in [-0.39, 0.29) is 0 Å². The Morgan fingerprint density at radius 3 is 2.11 bits per heavy atom. The summed E-state index contributed by atoms with van der Waals surface area (Å²) >= 11 is 5.28. The molecule has 0 aromatic heterocycles. The number of thiocarbonyl (C=S) groups is 1. The number of hydrogen-bond acceptors (Lipinski definition) is 3. The van der Waals surface area contributed by atoms with E-state index in [0.717, 1.165) is 17.0 Å². The molecular weight excluding hydrogens is 242 g/mol. The van der Waals surface area contributed by atoms with Gasteiger partial charge in [0, 0.05) is 25.3 Å². The van der Waals surface area contributed by atoms with Crippen LogP contribution in [0.4, 0.5) is 5.69 Å². The minimum atomic E-state index is 0.492. The van der Waals surface area contributed by atoms with Crippen molar-refractivity contribution in [2.24, 2.45) is 0 Å². The molecule has 18 heavy (non-hydrogen) atoms. The maximum absolute atomic E-state index is 5.62. The van der Waals surface area contributed by atoms with Gasteiger partial charge in [-0.1, -0.05) is 18.2 Å². The van der Waals surface area contributed by atoms with Gasteiger partial charge in [-0.05, 0) is 48.6 Å². The Kier molecular flexibility index (Phi) is 3.95. The van der Waals surface area contributed by atoms with Crippen LogP contribution >= 0.6 is 12.2 Å². The Morgan fingerprint density at radius 1 is 0.944 bits per heavy atom. The SMILES string of the molecule is CN(C)c1ccc(C(=S)Oc2ccccc2)cc1. The number of para-hydroxylation sites is 1. The van der Waals surface area contributed by atoms with E-state index in [1.165, 1.54) is 0 Å². The third kappa shape index (κ3) is 3.08. The fourth-order valence-corrected chi connectivity index (χ4v) is 1.78. The summed E-state index contributed by atoms with van der Waals surface area (Å²) < 4.78 is 5.62. The van der Waals surface area contributed by atoms with E-state index < -0.39 is 0 Å². The summed E-state index contributed by atoms with van der Waals surface area (Å²) in [7, 11) is 4.02. The third-order valence-corrected chi connectivity index (χ3v) is 2.89. The monoisotopic (exact) mass is 257 g/mol. The first-order chi connectivity index (χ1) is 8.66. The lowest BCUT2D eigenvalue weighted by atomic mass is 10.2. The molecule has 0 N–H and O–H groups in total. The highest BCUT2D eigenvalue weighted by atomic mass is 32.1. The molecule has 0 aliphatic rings. The van der Waals surface area contributed by atoms with Crippen LogP contribution in [0.5, 0.6) is 5.75 Å². The standard InChI is InChI=1S/C15H15NOS/c1-16(2)13-10-8-12(9-11-13)15(18)17-14-6-4-3-5-7-14/h3-11H,1-2H3. The molecule has 0 aliphatic carbocycles. The molecule has 0 fully saturated rings. The summed E-state index contributed by atoms with van der Waals surface area (Å²) in [6, 6.07) is 17.6. The van der Waals surface area contributed by atoms with E-state index in [9.17, 15) is 0 Å². The van der Waals surface area contributed by atoms with Crippen LogP contribution in [-0.4, -0.2) is 19.1 Å². The second kappa shape index (κ2) is 5.65. The molecule has 0 saturated carbocycles. The minimum Gasteiger partial charge on any atom is -0.445 e. The van der Waals surface area contributed by atoms with Crippen molar-refractivity contribution in [2.75, 3.05) is 19.0 Å². The molecule has 2 nitrogen and oxygen atoms in total. The molecule has 0 heterocycles. The van der Waals surface area contributed by atoms with Gasteiger partial charge < -0.3 is 9.64 Å². The van der Waals surface area contributed by atoms with Crippen LogP contribution in [0.25, 0.3) is 0 Å². The van der Waals surface area contributed by atoms with Crippen LogP contribution in [-0.2, 0) is 0 Å². The summed E-state index contributed by atoms with van der Waals surface area (Å²) in [5, 5.41) is 0.492. The molecule has 0 atom stereocenters. The van der Waals surface area contributed by atoms with Crippen LogP contribution in [0.15, 0.2) is 54.6 Å². The van der Waals surface area contributed by atoms with Gasteiger partial charge in [0.05, 0.1) is 0 Å². The Bertz CT molecular complexity index is 520. The van der Waals surface area contributed by atoms with Crippen molar-refractivity contribution in [3.63, 3.8) is 0 Å². The topological polar surface area (TPSA) is 12.5 Å². The van der Waals surface area contributed by atoms with Crippen LogP contribution in [0.3, 0.4) is 0 Å². The highest BCUT2D eigenvalue weighted by molar-refractivity contribution is 7.80. The van der Waals surface area contributed by atoms with Crippen molar-refractivity contribution in [1.29, 1.82) is 0 Å². The number of anilines is 1. The van der Waals surface area contributed by atoms with Crippen molar-refractivity contribution < 1.29 is 4.74 Å². The highest BCUT2D eigenvalue weighted by Gasteiger charge is 2.04. The van der Waals surface area contributed by atoms with Gasteiger partial charge in [0.2, 0.25) is 0 Å². The van der Waals surface area contributed by atoms with E-state index in [2.05, 4.69) is 0 Å². The Morgan fingerprint density at radius 2 is 1.56 bits per heavy atom. The lowest BCUT2D eigenvalue weighted by Gasteiger charge is -2.13. The predicted molar refractivity (Wildman–Crippen MR) is 79.5 cm³/mol. The maximum atomic E-state index is 5.62. The molecule has 0 aliphatic heterocycles. The fourth-order valence-electron chi connectivity index (χ4n) is 1.55. The molecule has 2 aromatic carbocycles. The molecule has 0 bridgehead atoms. The number of hydrogen-bond donors (Lipinski definition) is 0.